The molecule has 3 heterocycles. The molecule has 0 saturated heterocycles. The fourth-order valence-corrected chi connectivity index (χ4v) is 7.13. The number of rotatable bonds is 4. The van der Waals surface area contributed by atoms with Crippen LogP contribution in [0.5, 0.6) is 11.5 Å². The molecule has 8 aromatic rings. The summed E-state index contributed by atoms with van der Waals surface area (Å²) in [6.45, 7) is 0. The molecule has 7 aromatic carbocycles. The highest BCUT2D eigenvalue weighted by Crippen LogP contribution is 2.59. The predicted molar refractivity (Wildman–Crippen MR) is 201 cm³/mol. The first-order valence-electron chi connectivity index (χ1n) is 16.7. The Hall–Kier alpha value is -6.85. The van der Waals surface area contributed by atoms with Gasteiger partial charge in [-0.1, -0.05) is 133 Å². The summed E-state index contributed by atoms with van der Waals surface area (Å²) in [5.41, 5.74) is 12.7. The summed E-state index contributed by atoms with van der Waals surface area (Å²) in [4.78, 5) is 17.2. The molecule has 2 aliphatic rings. The highest BCUT2D eigenvalue weighted by Gasteiger charge is 2.34. The Kier molecular flexibility index (Phi) is 6.42. The van der Waals surface area contributed by atoms with Crippen LogP contribution in [0.15, 0.2) is 170 Å². The van der Waals surface area contributed by atoms with Crippen LogP contribution in [0.25, 0.3) is 67.5 Å². The SMILES string of the molecule is c1ccc(-c2nc(-c3ccccc3)nc(-c3cccc(-c4cc5c6c(c4)-c4ccccc4-c4ccccc4N6c4ccccc4O5)c3)n2)cc1. The Morgan fingerprint density at radius 2 is 0.860 bits per heavy atom. The van der Waals surface area contributed by atoms with E-state index in [9.17, 15) is 0 Å². The van der Waals surface area contributed by atoms with E-state index in [4.69, 9.17) is 19.7 Å². The lowest BCUT2D eigenvalue weighted by molar-refractivity contribution is 0.477. The van der Waals surface area contributed by atoms with E-state index in [1.54, 1.807) is 0 Å². The van der Waals surface area contributed by atoms with E-state index < -0.39 is 0 Å². The number of aromatic nitrogens is 3. The van der Waals surface area contributed by atoms with Crippen molar-refractivity contribution in [1.29, 1.82) is 0 Å². The average molecular weight is 641 g/mol. The number of fused-ring (bicyclic) bond motifs is 7. The molecule has 10 rings (SSSR count). The van der Waals surface area contributed by atoms with Crippen LogP contribution in [0.1, 0.15) is 0 Å². The van der Waals surface area contributed by atoms with E-state index in [1.165, 1.54) is 11.1 Å². The van der Waals surface area contributed by atoms with Crippen molar-refractivity contribution < 1.29 is 4.74 Å². The van der Waals surface area contributed by atoms with Crippen molar-refractivity contribution in [3.8, 4) is 79.0 Å². The van der Waals surface area contributed by atoms with Gasteiger partial charge in [0.15, 0.2) is 29.0 Å². The highest BCUT2D eigenvalue weighted by atomic mass is 16.5. The van der Waals surface area contributed by atoms with Gasteiger partial charge in [0.05, 0.1) is 17.1 Å². The van der Waals surface area contributed by atoms with Crippen LogP contribution < -0.4 is 9.64 Å². The highest BCUT2D eigenvalue weighted by molar-refractivity contribution is 6.06. The van der Waals surface area contributed by atoms with E-state index in [2.05, 4.69) is 102 Å². The predicted octanol–water partition coefficient (Wildman–Crippen LogP) is 11.8. The van der Waals surface area contributed by atoms with Crippen LogP contribution in [-0.4, -0.2) is 15.0 Å². The minimum absolute atomic E-state index is 0.618. The Bertz CT molecular complexity index is 2530. The largest absolute Gasteiger partial charge is 0.453 e. The first-order chi connectivity index (χ1) is 24.8. The monoisotopic (exact) mass is 640 g/mol. The Morgan fingerprint density at radius 3 is 1.56 bits per heavy atom. The zero-order valence-corrected chi connectivity index (χ0v) is 26.9. The van der Waals surface area contributed by atoms with E-state index in [0.717, 1.165) is 67.5 Å². The topological polar surface area (TPSA) is 51.1 Å². The first-order valence-corrected chi connectivity index (χ1v) is 16.7. The molecule has 0 amide bonds. The molecule has 0 aliphatic carbocycles. The van der Waals surface area contributed by atoms with E-state index >= 15 is 0 Å². The third-order valence-corrected chi connectivity index (χ3v) is 9.43. The first kappa shape index (κ1) is 28.2. The van der Waals surface area contributed by atoms with E-state index in [-0.39, 0.29) is 0 Å². The molecule has 2 aliphatic heterocycles. The summed E-state index contributed by atoms with van der Waals surface area (Å²) in [6, 6.07) is 58.6. The number of hydrogen-bond donors (Lipinski definition) is 0. The standard InChI is InChI=1S/C45H28N4O/c1-3-14-29(15-4-1)43-46-44(30-16-5-2-6-17-30)48-45(47-43)32-19-13-18-31(26-32)33-27-37-35-21-8-7-20-34(35)36-22-9-10-23-38(36)49-39-24-11-12-25-40(39)50-41(28-33)42(37)49/h1-28H. The number of hydrogen-bond acceptors (Lipinski definition) is 5. The van der Waals surface area contributed by atoms with Gasteiger partial charge in [0.25, 0.3) is 0 Å². The molecule has 0 fully saturated rings. The third-order valence-electron chi connectivity index (χ3n) is 9.43. The molecule has 5 heteroatoms. The lowest BCUT2D eigenvalue weighted by atomic mass is 9.91. The van der Waals surface area contributed by atoms with Crippen molar-refractivity contribution >= 4 is 17.1 Å². The van der Waals surface area contributed by atoms with Gasteiger partial charge in [0.2, 0.25) is 0 Å². The van der Waals surface area contributed by atoms with Crippen molar-refractivity contribution in [2.45, 2.75) is 0 Å². The minimum Gasteiger partial charge on any atom is -0.453 e. The quantitative estimate of drug-likeness (QED) is 0.192. The molecular weight excluding hydrogens is 613 g/mol. The van der Waals surface area contributed by atoms with E-state index in [0.29, 0.717) is 17.5 Å². The maximum atomic E-state index is 6.74. The summed E-state index contributed by atoms with van der Waals surface area (Å²) in [5.74, 6) is 3.53. The maximum absolute atomic E-state index is 6.74. The molecule has 5 nitrogen and oxygen atoms in total. The molecule has 0 N–H and O–H groups in total. The summed E-state index contributed by atoms with van der Waals surface area (Å²) in [5, 5.41) is 0. The lowest BCUT2D eigenvalue weighted by Crippen LogP contribution is -2.16. The van der Waals surface area contributed by atoms with Gasteiger partial charge in [0.1, 0.15) is 0 Å². The molecule has 0 bridgehead atoms. The van der Waals surface area contributed by atoms with Crippen LogP contribution >= 0.6 is 0 Å². The molecule has 234 valence electrons. The van der Waals surface area contributed by atoms with Gasteiger partial charge in [0, 0.05) is 27.8 Å². The molecule has 0 saturated carbocycles. The maximum Gasteiger partial charge on any atom is 0.164 e. The van der Waals surface area contributed by atoms with Gasteiger partial charge in [-0.2, -0.15) is 0 Å². The number of benzene rings is 7. The van der Waals surface area contributed by atoms with Gasteiger partial charge < -0.3 is 9.64 Å². The molecule has 50 heavy (non-hydrogen) atoms. The van der Waals surface area contributed by atoms with Crippen LogP contribution in [0, 0.1) is 0 Å². The fraction of sp³-hybridized carbons (Fsp3) is 0. The second-order valence-electron chi connectivity index (χ2n) is 12.5. The van der Waals surface area contributed by atoms with E-state index in [1.807, 2.05) is 72.8 Å². The van der Waals surface area contributed by atoms with Gasteiger partial charge in [-0.25, -0.2) is 15.0 Å². The molecule has 0 spiro atoms. The van der Waals surface area contributed by atoms with Crippen LogP contribution in [0.4, 0.5) is 17.1 Å². The summed E-state index contributed by atoms with van der Waals surface area (Å²) in [7, 11) is 0. The molecule has 0 atom stereocenters. The Labute approximate surface area is 289 Å². The Balaban J connectivity index is 1.17. The van der Waals surface area contributed by atoms with Crippen molar-refractivity contribution in [2.24, 2.45) is 0 Å². The van der Waals surface area contributed by atoms with Gasteiger partial charge in [-0.05, 0) is 58.7 Å². The van der Waals surface area contributed by atoms with Crippen LogP contribution in [0.2, 0.25) is 0 Å². The smallest absolute Gasteiger partial charge is 0.164 e. The zero-order valence-electron chi connectivity index (χ0n) is 26.9. The third kappa shape index (κ3) is 4.60. The Morgan fingerprint density at radius 1 is 0.340 bits per heavy atom. The molecule has 0 unspecified atom stereocenters. The van der Waals surface area contributed by atoms with Gasteiger partial charge in [-0.15, -0.1) is 0 Å². The summed E-state index contributed by atoms with van der Waals surface area (Å²) < 4.78 is 6.74. The second-order valence-corrected chi connectivity index (χ2v) is 12.5. The van der Waals surface area contributed by atoms with Crippen molar-refractivity contribution in [2.75, 3.05) is 4.90 Å². The van der Waals surface area contributed by atoms with Crippen molar-refractivity contribution in [1.82, 2.24) is 15.0 Å². The number of para-hydroxylation sites is 3. The van der Waals surface area contributed by atoms with Crippen molar-refractivity contribution in [3.63, 3.8) is 0 Å². The van der Waals surface area contributed by atoms with Crippen LogP contribution in [0.3, 0.4) is 0 Å². The summed E-state index contributed by atoms with van der Waals surface area (Å²) in [6.07, 6.45) is 0. The van der Waals surface area contributed by atoms with Crippen LogP contribution in [-0.2, 0) is 0 Å². The second kappa shape index (κ2) is 11.4. The number of ether oxygens (including phenoxy) is 1. The number of nitrogens with zero attached hydrogens (tertiary/aromatic N) is 4. The van der Waals surface area contributed by atoms with Crippen molar-refractivity contribution in [3.05, 3.63) is 170 Å². The summed E-state index contributed by atoms with van der Waals surface area (Å²) >= 11 is 0. The fourth-order valence-electron chi connectivity index (χ4n) is 7.13. The lowest BCUT2D eigenvalue weighted by Gasteiger charge is -2.34. The zero-order chi connectivity index (χ0) is 33.0. The molecule has 1 aromatic heterocycles. The molecular formula is C45H28N4O. The average Bonchev–Trinajstić information content (AvgIpc) is 3.32. The number of anilines is 3. The van der Waals surface area contributed by atoms with Gasteiger partial charge in [-0.3, -0.25) is 0 Å². The van der Waals surface area contributed by atoms with Gasteiger partial charge >= 0.3 is 0 Å². The molecule has 0 radical (unpaired) electrons. The minimum atomic E-state index is 0.618. The normalized spacial score (nSPS) is 12.1.